The molecule has 0 radical (unpaired) electrons. The molecule has 0 N–H and O–H groups in total. The first kappa shape index (κ1) is 18.4. The molecule has 0 fully saturated rings. The average molecular weight is 402 g/mol. The van der Waals surface area contributed by atoms with Gasteiger partial charge in [0, 0.05) is 12.0 Å². The number of ether oxygens (including phenoxy) is 2. The maximum Gasteiger partial charge on any atom is 0.344 e. The van der Waals surface area contributed by atoms with Crippen molar-refractivity contribution in [3.63, 3.8) is 0 Å². The molecule has 30 heavy (non-hydrogen) atoms. The molecule has 0 amide bonds. The molecule has 1 unspecified atom stereocenters. The lowest BCUT2D eigenvalue weighted by atomic mass is 9.98. The van der Waals surface area contributed by atoms with Gasteiger partial charge >= 0.3 is 11.3 Å². The molecule has 0 bridgehead atoms. The van der Waals surface area contributed by atoms with Crippen molar-refractivity contribution in [3.8, 4) is 28.2 Å². The zero-order chi connectivity index (χ0) is 20.8. The Kier molecular flexibility index (Phi) is 4.29. The van der Waals surface area contributed by atoms with Gasteiger partial charge in [-0.1, -0.05) is 29.8 Å². The molecule has 6 nitrogen and oxygen atoms in total. The minimum atomic E-state index is -0.754. The van der Waals surface area contributed by atoms with Crippen molar-refractivity contribution in [2.45, 2.75) is 20.1 Å². The van der Waals surface area contributed by atoms with E-state index in [9.17, 15) is 9.59 Å². The first-order valence-electron chi connectivity index (χ1n) is 9.65. The van der Waals surface area contributed by atoms with E-state index in [-0.39, 0.29) is 11.1 Å². The van der Waals surface area contributed by atoms with Crippen LogP contribution in [-0.4, -0.2) is 6.61 Å². The van der Waals surface area contributed by atoms with E-state index in [1.807, 2.05) is 44.2 Å². The Labute approximate surface area is 171 Å². The Hall–Kier alpha value is -3.64. The fourth-order valence-electron chi connectivity index (χ4n) is 3.69. The molecule has 1 atom stereocenters. The van der Waals surface area contributed by atoms with Crippen molar-refractivity contribution in [1.82, 2.24) is 0 Å². The summed E-state index contributed by atoms with van der Waals surface area (Å²) in [4.78, 5) is 25.5. The van der Waals surface area contributed by atoms with Crippen LogP contribution >= 0.6 is 0 Å². The first-order chi connectivity index (χ1) is 14.5. The summed E-state index contributed by atoms with van der Waals surface area (Å²) in [5.74, 6) is 0.963. The fraction of sp³-hybridized carbons (Fsp3) is 0.167. The van der Waals surface area contributed by atoms with Gasteiger partial charge in [-0.05, 0) is 44.2 Å². The summed E-state index contributed by atoms with van der Waals surface area (Å²) in [7, 11) is 0. The lowest BCUT2D eigenvalue weighted by Gasteiger charge is -2.27. The van der Waals surface area contributed by atoms with Gasteiger partial charge in [0.05, 0.1) is 22.3 Å². The van der Waals surface area contributed by atoms with Crippen LogP contribution in [0, 0.1) is 6.92 Å². The van der Waals surface area contributed by atoms with Crippen molar-refractivity contribution >= 4 is 11.0 Å². The van der Waals surface area contributed by atoms with Gasteiger partial charge in [0.15, 0.2) is 5.76 Å². The number of benzene rings is 2. The summed E-state index contributed by atoms with van der Waals surface area (Å²) < 4.78 is 22.8. The van der Waals surface area contributed by atoms with Gasteiger partial charge in [-0.3, -0.25) is 0 Å². The molecular weight excluding hydrogens is 384 g/mol. The zero-order valence-corrected chi connectivity index (χ0v) is 16.4. The smallest absolute Gasteiger partial charge is 0.344 e. The predicted octanol–water partition coefficient (Wildman–Crippen LogP) is 4.82. The van der Waals surface area contributed by atoms with Crippen LogP contribution in [0.15, 0.2) is 73.0 Å². The van der Waals surface area contributed by atoms with E-state index in [2.05, 4.69) is 0 Å². The van der Waals surface area contributed by atoms with Crippen molar-refractivity contribution in [2.24, 2.45) is 0 Å². The van der Waals surface area contributed by atoms with Crippen LogP contribution in [-0.2, 0) is 4.74 Å². The molecule has 1 aliphatic rings. The summed E-state index contributed by atoms with van der Waals surface area (Å²) in [6.45, 7) is 4.20. The van der Waals surface area contributed by atoms with Crippen LogP contribution < -0.4 is 16.0 Å². The molecule has 1 aliphatic heterocycles. The van der Waals surface area contributed by atoms with E-state index in [1.165, 1.54) is 0 Å². The Morgan fingerprint density at radius 3 is 2.50 bits per heavy atom. The molecule has 4 aromatic rings. The highest BCUT2D eigenvalue weighted by Crippen LogP contribution is 2.43. The molecule has 2 aromatic heterocycles. The molecule has 0 saturated heterocycles. The number of hydrogen-bond acceptors (Lipinski definition) is 6. The second-order valence-corrected chi connectivity index (χ2v) is 7.12. The third-order valence-electron chi connectivity index (χ3n) is 5.09. The minimum Gasteiger partial charge on any atom is -0.460 e. The maximum absolute atomic E-state index is 12.9. The van der Waals surface area contributed by atoms with Gasteiger partial charge in [-0.2, -0.15) is 0 Å². The quantitative estimate of drug-likeness (QED) is 0.457. The van der Waals surface area contributed by atoms with Crippen LogP contribution in [0.2, 0.25) is 0 Å². The Morgan fingerprint density at radius 1 is 0.900 bits per heavy atom. The van der Waals surface area contributed by atoms with E-state index >= 15 is 0 Å². The van der Waals surface area contributed by atoms with Crippen LogP contribution in [0.1, 0.15) is 24.3 Å². The SMILES string of the molecule is CCOC1Oc2ccc(C)cc2-c2oc(=O)c(-c3cc4ccccc4oc3=O)cc21. The number of para-hydroxylation sites is 1. The number of rotatable bonds is 3. The van der Waals surface area contributed by atoms with E-state index in [4.69, 9.17) is 18.3 Å². The maximum atomic E-state index is 12.9. The molecule has 0 spiro atoms. The van der Waals surface area contributed by atoms with E-state index in [0.29, 0.717) is 40.2 Å². The molecule has 6 heteroatoms. The standard InChI is InChI=1S/C24H18O6/c1-3-27-24-18-12-16(15-11-14-6-4-5-7-19(14)28-22(15)25)23(26)30-21(18)17-10-13(2)8-9-20(17)29-24/h4-12,24H,3H2,1-2H3. The second-order valence-electron chi connectivity index (χ2n) is 7.12. The van der Waals surface area contributed by atoms with Crippen molar-refractivity contribution in [1.29, 1.82) is 0 Å². The lowest BCUT2D eigenvalue weighted by Crippen LogP contribution is -2.20. The van der Waals surface area contributed by atoms with Crippen molar-refractivity contribution in [2.75, 3.05) is 6.61 Å². The minimum absolute atomic E-state index is 0.109. The van der Waals surface area contributed by atoms with Gasteiger partial charge in [-0.25, -0.2) is 9.59 Å². The van der Waals surface area contributed by atoms with Gasteiger partial charge in [0.1, 0.15) is 11.3 Å². The molecule has 2 aromatic carbocycles. The van der Waals surface area contributed by atoms with Crippen molar-refractivity contribution in [3.05, 3.63) is 86.6 Å². The number of fused-ring (bicyclic) bond motifs is 4. The third kappa shape index (κ3) is 2.93. The van der Waals surface area contributed by atoms with Crippen LogP contribution in [0.4, 0.5) is 0 Å². The molecule has 0 aliphatic carbocycles. The first-order valence-corrected chi connectivity index (χ1v) is 9.65. The van der Waals surface area contributed by atoms with Crippen LogP contribution in [0.5, 0.6) is 5.75 Å². The fourth-order valence-corrected chi connectivity index (χ4v) is 3.69. The predicted molar refractivity (Wildman–Crippen MR) is 112 cm³/mol. The van der Waals surface area contributed by atoms with Gasteiger partial charge in [0.25, 0.3) is 0 Å². The summed E-state index contributed by atoms with van der Waals surface area (Å²) in [6, 6.07) is 16.0. The zero-order valence-electron chi connectivity index (χ0n) is 16.4. The summed E-state index contributed by atoms with van der Waals surface area (Å²) in [5.41, 5.74) is 1.69. The second kappa shape index (κ2) is 7.00. The van der Waals surface area contributed by atoms with Crippen LogP contribution in [0.25, 0.3) is 33.4 Å². The highest BCUT2D eigenvalue weighted by atomic mass is 16.7. The van der Waals surface area contributed by atoms with Crippen molar-refractivity contribution < 1.29 is 18.3 Å². The Bertz CT molecular complexity index is 1400. The van der Waals surface area contributed by atoms with Gasteiger partial charge < -0.3 is 18.3 Å². The third-order valence-corrected chi connectivity index (χ3v) is 5.09. The van der Waals surface area contributed by atoms with Gasteiger partial charge in [0.2, 0.25) is 6.29 Å². The average Bonchev–Trinajstić information content (AvgIpc) is 2.74. The molecule has 3 heterocycles. The summed E-state index contributed by atoms with van der Waals surface area (Å²) in [6.07, 6.45) is -0.754. The monoisotopic (exact) mass is 402 g/mol. The number of aryl methyl sites for hydroxylation is 1. The Morgan fingerprint density at radius 2 is 1.67 bits per heavy atom. The molecule has 5 rings (SSSR count). The normalized spacial score (nSPS) is 14.8. The van der Waals surface area contributed by atoms with E-state index in [1.54, 1.807) is 24.3 Å². The van der Waals surface area contributed by atoms with Crippen LogP contribution in [0.3, 0.4) is 0 Å². The Balaban J connectivity index is 1.76. The highest BCUT2D eigenvalue weighted by Gasteiger charge is 2.31. The summed E-state index contributed by atoms with van der Waals surface area (Å²) >= 11 is 0. The lowest BCUT2D eigenvalue weighted by molar-refractivity contribution is -0.0813. The topological polar surface area (TPSA) is 78.9 Å². The molecule has 0 saturated carbocycles. The number of hydrogen-bond donors (Lipinski definition) is 0. The van der Waals surface area contributed by atoms with E-state index < -0.39 is 17.5 Å². The molecule has 150 valence electrons. The molecular formula is C24H18O6. The largest absolute Gasteiger partial charge is 0.460 e. The van der Waals surface area contributed by atoms with E-state index in [0.717, 1.165) is 5.56 Å². The van der Waals surface area contributed by atoms with Gasteiger partial charge in [-0.15, -0.1) is 0 Å². The summed E-state index contributed by atoms with van der Waals surface area (Å²) in [5, 5.41) is 0.711. The highest BCUT2D eigenvalue weighted by molar-refractivity contribution is 5.82.